The summed E-state index contributed by atoms with van der Waals surface area (Å²) in [6.45, 7) is 7.44. The smallest absolute Gasteiger partial charge is 0.410 e. The zero-order chi connectivity index (χ0) is 28.4. The first-order chi connectivity index (χ1) is 19.1. The van der Waals surface area contributed by atoms with Crippen molar-refractivity contribution in [3.63, 3.8) is 0 Å². The van der Waals surface area contributed by atoms with Crippen LogP contribution in [0, 0.1) is 0 Å². The van der Waals surface area contributed by atoms with E-state index in [0.717, 1.165) is 34.9 Å². The maximum Gasteiger partial charge on any atom is 0.410 e. The summed E-state index contributed by atoms with van der Waals surface area (Å²) >= 11 is 0. The van der Waals surface area contributed by atoms with Gasteiger partial charge in [-0.05, 0) is 68.9 Å². The predicted octanol–water partition coefficient (Wildman–Crippen LogP) is 5.72. The zero-order valence-electron chi connectivity index (χ0n) is 23.6. The lowest BCUT2D eigenvalue weighted by molar-refractivity contribution is -0.129. The van der Waals surface area contributed by atoms with Crippen LogP contribution in [-0.4, -0.2) is 65.2 Å². The van der Waals surface area contributed by atoms with E-state index in [4.69, 9.17) is 9.47 Å². The Morgan fingerprint density at radius 1 is 1.00 bits per heavy atom. The number of rotatable bonds is 5. The minimum atomic E-state index is -0.507. The number of hydrogen-bond acceptors (Lipinski definition) is 6. The van der Waals surface area contributed by atoms with Gasteiger partial charge in [-0.25, -0.2) is 9.59 Å². The third kappa shape index (κ3) is 5.88. The number of piperidine rings is 1. The molecule has 1 aromatic heterocycles. The van der Waals surface area contributed by atoms with Crippen molar-refractivity contribution >= 4 is 34.5 Å². The minimum Gasteiger partial charge on any atom is -0.497 e. The number of amides is 4. The number of carbonyl (C=O) groups is 3. The largest absolute Gasteiger partial charge is 0.497 e. The third-order valence-corrected chi connectivity index (χ3v) is 7.48. The number of anilines is 1. The van der Waals surface area contributed by atoms with Gasteiger partial charge in [-0.1, -0.05) is 24.3 Å². The van der Waals surface area contributed by atoms with Crippen LogP contribution < -0.4 is 9.64 Å². The van der Waals surface area contributed by atoms with Gasteiger partial charge in [0.1, 0.15) is 11.4 Å². The van der Waals surface area contributed by atoms with Gasteiger partial charge in [-0.15, -0.1) is 0 Å². The number of ether oxygens (including phenoxy) is 2. The van der Waals surface area contributed by atoms with Crippen molar-refractivity contribution in [2.24, 2.45) is 0 Å². The first-order valence-electron chi connectivity index (χ1n) is 13.7. The Balaban J connectivity index is 1.31. The van der Waals surface area contributed by atoms with Gasteiger partial charge in [-0.3, -0.25) is 19.6 Å². The quantitative estimate of drug-likeness (QED) is 0.408. The van der Waals surface area contributed by atoms with Gasteiger partial charge in [0.15, 0.2) is 0 Å². The van der Waals surface area contributed by atoms with Crippen molar-refractivity contribution in [3.05, 3.63) is 66.0 Å². The van der Waals surface area contributed by atoms with Crippen LogP contribution in [0.4, 0.5) is 15.3 Å². The monoisotopic (exact) mass is 544 g/mol. The molecule has 2 aromatic carbocycles. The van der Waals surface area contributed by atoms with Crippen molar-refractivity contribution in [3.8, 4) is 5.75 Å². The molecule has 3 heterocycles. The molecular weight excluding hydrogens is 508 g/mol. The zero-order valence-corrected chi connectivity index (χ0v) is 23.6. The van der Waals surface area contributed by atoms with Gasteiger partial charge < -0.3 is 14.4 Å². The van der Waals surface area contributed by atoms with Crippen molar-refractivity contribution in [2.45, 2.75) is 58.1 Å². The molecule has 0 spiro atoms. The van der Waals surface area contributed by atoms with Crippen LogP contribution in [0.3, 0.4) is 0 Å². The second kappa shape index (κ2) is 11.2. The van der Waals surface area contributed by atoms with Crippen LogP contribution in [0.2, 0.25) is 0 Å². The lowest BCUT2D eigenvalue weighted by atomic mass is 9.88. The van der Waals surface area contributed by atoms with Gasteiger partial charge in [0.05, 0.1) is 25.5 Å². The number of carbonyl (C=O) groups excluding carboxylic acids is 3. The predicted molar refractivity (Wildman–Crippen MR) is 152 cm³/mol. The van der Waals surface area contributed by atoms with E-state index in [1.54, 1.807) is 23.1 Å². The van der Waals surface area contributed by atoms with E-state index in [1.165, 1.54) is 10.5 Å². The fraction of sp³-hybridized carbons (Fsp3) is 0.419. The summed E-state index contributed by atoms with van der Waals surface area (Å²) in [5.74, 6) is 0.850. The average molecular weight is 545 g/mol. The molecule has 0 bridgehead atoms. The molecule has 0 unspecified atom stereocenters. The molecule has 2 aliphatic rings. The number of likely N-dealkylation sites (tertiary alicyclic amines) is 1. The highest BCUT2D eigenvalue weighted by Crippen LogP contribution is 2.34. The number of aromatic nitrogens is 1. The third-order valence-electron chi connectivity index (χ3n) is 7.48. The molecule has 210 valence electrons. The molecule has 9 heteroatoms. The van der Waals surface area contributed by atoms with Gasteiger partial charge in [0.25, 0.3) is 0 Å². The molecule has 2 fully saturated rings. The van der Waals surface area contributed by atoms with Crippen molar-refractivity contribution in [1.82, 2.24) is 14.8 Å². The topological polar surface area (TPSA) is 92.3 Å². The fourth-order valence-electron chi connectivity index (χ4n) is 5.35. The molecule has 0 radical (unpaired) electrons. The summed E-state index contributed by atoms with van der Waals surface area (Å²) in [6.07, 6.45) is 5.19. The van der Waals surface area contributed by atoms with E-state index >= 15 is 0 Å². The van der Waals surface area contributed by atoms with Crippen molar-refractivity contribution < 1.29 is 23.9 Å². The highest BCUT2D eigenvalue weighted by Gasteiger charge is 2.34. The maximum absolute atomic E-state index is 13.5. The number of benzene rings is 2. The first kappa shape index (κ1) is 27.4. The number of fused-ring (bicyclic) bond motifs is 1. The SMILES string of the molecule is COc1ccc(CN2C(=O)CCN(c3cncc4cc(C5CCN(C(=O)OC(C)(C)C)CC5)ccc34)C2=O)cc1. The molecule has 0 atom stereocenters. The van der Waals surface area contributed by atoms with E-state index in [0.29, 0.717) is 31.2 Å². The molecule has 0 saturated carbocycles. The molecule has 2 saturated heterocycles. The summed E-state index contributed by atoms with van der Waals surface area (Å²) in [5, 5.41) is 1.85. The lowest BCUT2D eigenvalue weighted by Crippen LogP contribution is -2.52. The van der Waals surface area contributed by atoms with Crippen molar-refractivity contribution in [2.75, 3.05) is 31.6 Å². The number of nitrogens with zero attached hydrogens (tertiary/aromatic N) is 4. The minimum absolute atomic E-state index is 0.190. The average Bonchev–Trinajstić information content (AvgIpc) is 2.94. The summed E-state index contributed by atoms with van der Waals surface area (Å²) in [4.78, 5) is 47.9. The van der Waals surface area contributed by atoms with Crippen LogP contribution in [0.5, 0.6) is 5.75 Å². The Morgan fingerprint density at radius 3 is 2.40 bits per heavy atom. The second-order valence-corrected chi connectivity index (χ2v) is 11.4. The Kier molecular flexibility index (Phi) is 7.65. The van der Waals surface area contributed by atoms with Crippen LogP contribution in [-0.2, 0) is 16.1 Å². The highest BCUT2D eigenvalue weighted by molar-refractivity contribution is 6.09. The Bertz CT molecular complexity index is 1410. The summed E-state index contributed by atoms with van der Waals surface area (Å²) in [7, 11) is 1.60. The number of hydrogen-bond donors (Lipinski definition) is 0. The normalized spacial score (nSPS) is 16.9. The molecule has 3 aromatic rings. The molecule has 2 aliphatic heterocycles. The van der Waals surface area contributed by atoms with E-state index in [9.17, 15) is 14.4 Å². The summed E-state index contributed by atoms with van der Waals surface area (Å²) < 4.78 is 10.7. The van der Waals surface area contributed by atoms with Gasteiger partial charge in [-0.2, -0.15) is 0 Å². The van der Waals surface area contributed by atoms with E-state index in [1.807, 2.05) is 57.3 Å². The molecule has 9 nitrogen and oxygen atoms in total. The highest BCUT2D eigenvalue weighted by atomic mass is 16.6. The van der Waals surface area contributed by atoms with E-state index < -0.39 is 5.60 Å². The molecule has 0 N–H and O–H groups in total. The molecular formula is C31H36N4O5. The van der Waals surface area contributed by atoms with Gasteiger partial charge in [0, 0.05) is 43.0 Å². The van der Waals surface area contributed by atoms with Gasteiger partial charge in [0.2, 0.25) is 5.91 Å². The Hall–Kier alpha value is -4.14. The summed E-state index contributed by atoms with van der Waals surface area (Å²) in [6, 6.07) is 13.3. The Labute approximate surface area is 234 Å². The number of imide groups is 1. The van der Waals surface area contributed by atoms with E-state index in [2.05, 4.69) is 17.1 Å². The molecule has 5 rings (SSSR count). The standard InChI is InChI=1S/C31H36N4O5/c1-31(2,3)40-30(38)33-14-11-22(12-15-33)23-7-10-26-24(17-23)18-32-19-27(26)34-16-13-28(36)35(29(34)37)20-21-5-8-25(39-4)9-6-21/h5-10,17-19,22H,11-16,20H2,1-4H3. The molecule has 0 aliphatic carbocycles. The Morgan fingerprint density at radius 2 is 1.73 bits per heavy atom. The number of pyridine rings is 1. The maximum atomic E-state index is 13.5. The number of urea groups is 1. The molecule has 40 heavy (non-hydrogen) atoms. The summed E-state index contributed by atoms with van der Waals surface area (Å²) in [5.41, 5.74) is 2.23. The first-order valence-corrected chi connectivity index (χ1v) is 13.7. The van der Waals surface area contributed by atoms with Crippen molar-refractivity contribution in [1.29, 1.82) is 0 Å². The van der Waals surface area contributed by atoms with Crippen LogP contribution >= 0.6 is 0 Å². The lowest BCUT2D eigenvalue weighted by Gasteiger charge is -2.35. The second-order valence-electron chi connectivity index (χ2n) is 11.4. The fourth-order valence-corrected chi connectivity index (χ4v) is 5.35. The van der Waals surface area contributed by atoms with Gasteiger partial charge >= 0.3 is 12.1 Å². The van der Waals surface area contributed by atoms with Crippen LogP contribution in [0.15, 0.2) is 54.9 Å². The van der Waals surface area contributed by atoms with E-state index in [-0.39, 0.29) is 31.0 Å². The number of methoxy groups -OCH3 is 1. The molecule has 4 amide bonds. The van der Waals surface area contributed by atoms with Crippen LogP contribution in [0.25, 0.3) is 10.8 Å². The van der Waals surface area contributed by atoms with Crippen LogP contribution in [0.1, 0.15) is 57.1 Å².